The van der Waals surface area contributed by atoms with Gasteiger partial charge in [0.25, 0.3) is 0 Å². The Kier molecular flexibility index (Phi) is 6.79. The molecule has 2 aliphatic carbocycles. The van der Waals surface area contributed by atoms with Gasteiger partial charge >= 0.3 is 0 Å². The molecule has 0 aromatic heterocycles. The number of rotatable bonds is 9. The van der Waals surface area contributed by atoms with Crippen LogP contribution in [0.5, 0.6) is 0 Å². The molecule has 0 bridgehead atoms. The van der Waals surface area contributed by atoms with E-state index in [1.165, 1.54) is 71.0 Å². The minimum atomic E-state index is 0.508. The molecule has 20 heavy (non-hydrogen) atoms. The lowest BCUT2D eigenvalue weighted by molar-refractivity contribution is 0.135. The smallest absolute Gasteiger partial charge is 0.0587 e. The Morgan fingerprint density at radius 1 is 1.15 bits per heavy atom. The van der Waals surface area contributed by atoms with Crippen LogP contribution in [0.25, 0.3) is 0 Å². The fourth-order valence-corrected chi connectivity index (χ4v) is 3.78. The predicted octanol–water partition coefficient (Wildman–Crippen LogP) is 2.90. The summed E-state index contributed by atoms with van der Waals surface area (Å²) in [6.45, 7) is 5.59. The summed E-state index contributed by atoms with van der Waals surface area (Å²) in [5.41, 5.74) is 0.508. The highest BCUT2D eigenvalue weighted by Crippen LogP contribution is 2.36. The third kappa shape index (κ3) is 5.71. The molecule has 3 heteroatoms. The number of nitrogens with zero attached hydrogens (tertiary/aromatic N) is 1. The van der Waals surface area contributed by atoms with Crippen LogP contribution < -0.4 is 5.32 Å². The Balaban J connectivity index is 1.83. The second-order valence-electron chi connectivity index (χ2n) is 7.22. The zero-order valence-corrected chi connectivity index (χ0v) is 13.6. The molecule has 2 aliphatic rings. The minimum absolute atomic E-state index is 0.508. The van der Waals surface area contributed by atoms with Crippen molar-refractivity contribution in [2.24, 2.45) is 11.3 Å². The molecule has 2 fully saturated rings. The van der Waals surface area contributed by atoms with Gasteiger partial charge in [-0.05, 0) is 44.1 Å². The van der Waals surface area contributed by atoms with Gasteiger partial charge < -0.3 is 15.0 Å². The van der Waals surface area contributed by atoms with E-state index in [9.17, 15) is 0 Å². The molecule has 0 aliphatic heterocycles. The van der Waals surface area contributed by atoms with Crippen molar-refractivity contribution in [3.63, 3.8) is 0 Å². The van der Waals surface area contributed by atoms with Gasteiger partial charge in [-0.15, -0.1) is 0 Å². The molecule has 2 rings (SSSR count). The molecular weight excluding hydrogens is 248 g/mol. The molecule has 0 unspecified atom stereocenters. The topological polar surface area (TPSA) is 24.5 Å². The molecule has 0 atom stereocenters. The Hall–Kier alpha value is -0.120. The van der Waals surface area contributed by atoms with Gasteiger partial charge in [0, 0.05) is 33.3 Å². The van der Waals surface area contributed by atoms with Gasteiger partial charge in [-0.2, -0.15) is 0 Å². The van der Waals surface area contributed by atoms with Gasteiger partial charge in [0.1, 0.15) is 0 Å². The van der Waals surface area contributed by atoms with Crippen molar-refractivity contribution in [2.75, 3.05) is 46.9 Å². The number of hydrogen-bond donors (Lipinski definition) is 1. The van der Waals surface area contributed by atoms with E-state index in [1.807, 2.05) is 0 Å². The number of ether oxygens (including phenoxy) is 1. The lowest BCUT2D eigenvalue weighted by atomic mass is 9.79. The molecule has 0 amide bonds. The first-order valence-corrected chi connectivity index (χ1v) is 8.62. The van der Waals surface area contributed by atoms with Crippen molar-refractivity contribution in [2.45, 2.75) is 51.4 Å². The second kappa shape index (κ2) is 8.35. The predicted molar refractivity (Wildman–Crippen MR) is 85.1 cm³/mol. The first-order chi connectivity index (χ1) is 9.74. The van der Waals surface area contributed by atoms with Crippen molar-refractivity contribution < 1.29 is 4.74 Å². The largest absolute Gasteiger partial charge is 0.383 e. The van der Waals surface area contributed by atoms with Crippen LogP contribution in [0.4, 0.5) is 0 Å². The van der Waals surface area contributed by atoms with Crippen molar-refractivity contribution in [3.05, 3.63) is 0 Å². The highest BCUT2D eigenvalue weighted by molar-refractivity contribution is 4.88. The summed E-state index contributed by atoms with van der Waals surface area (Å²) in [6, 6.07) is 0. The Labute approximate surface area is 125 Å². The summed E-state index contributed by atoms with van der Waals surface area (Å²) >= 11 is 0. The SMILES string of the molecule is COCCNCC1(CN(C)CC2CC2)CCCCCC1. The maximum atomic E-state index is 5.16. The summed E-state index contributed by atoms with van der Waals surface area (Å²) in [6.07, 6.45) is 11.4. The highest BCUT2D eigenvalue weighted by atomic mass is 16.5. The summed E-state index contributed by atoms with van der Waals surface area (Å²) in [5, 5.41) is 3.65. The molecule has 0 aromatic rings. The van der Waals surface area contributed by atoms with E-state index in [0.29, 0.717) is 5.41 Å². The Bertz CT molecular complexity index is 258. The van der Waals surface area contributed by atoms with Gasteiger partial charge in [0.05, 0.1) is 6.61 Å². The van der Waals surface area contributed by atoms with Crippen LogP contribution in [0.3, 0.4) is 0 Å². The van der Waals surface area contributed by atoms with Crippen LogP contribution in [0.2, 0.25) is 0 Å². The second-order valence-corrected chi connectivity index (χ2v) is 7.22. The van der Waals surface area contributed by atoms with E-state index in [1.54, 1.807) is 7.11 Å². The molecule has 0 spiro atoms. The van der Waals surface area contributed by atoms with E-state index < -0.39 is 0 Å². The Morgan fingerprint density at radius 2 is 1.85 bits per heavy atom. The summed E-state index contributed by atoms with van der Waals surface area (Å²) < 4.78 is 5.16. The van der Waals surface area contributed by atoms with Crippen LogP contribution >= 0.6 is 0 Å². The lowest BCUT2D eigenvalue weighted by Crippen LogP contribution is -2.44. The molecule has 0 heterocycles. The van der Waals surface area contributed by atoms with Crippen molar-refractivity contribution in [3.8, 4) is 0 Å². The third-order valence-electron chi connectivity index (χ3n) is 5.02. The van der Waals surface area contributed by atoms with Crippen molar-refractivity contribution >= 4 is 0 Å². The first kappa shape index (κ1) is 16.3. The van der Waals surface area contributed by atoms with E-state index in [-0.39, 0.29) is 0 Å². The molecule has 2 saturated carbocycles. The quantitative estimate of drug-likeness (QED) is 0.520. The summed E-state index contributed by atoms with van der Waals surface area (Å²) in [7, 11) is 4.12. The molecule has 118 valence electrons. The zero-order chi connectivity index (χ0) is 14.3. The van der Waals surface area contributed by atoms with E-state index in [2.05, 4.69) is 17.3 Å². The Morgan fingerprint density at radius 3 is 2.45 bits per heavy atom. The maximum absolute atomic E-state index is 5.16. The molecule has 0 radical (unpaired) electrons. The number of hydrogen-bond acceptors (Lipinski definition) is 3. The van der Waals surface area contributed by atoms with Crippen LogP contribution in [-0.4, -0.2) is 51.8 Å². The minimum Gasteiger partial charge on any atom is -0.383 e. The van der Waals surface area contributed by atoms with Crippen molar-refractivity contribution in [1.82, 2.24) is 10.2 Å². The maximum Gasteiger partial charge on any atom is 0.0587 e. The van der Waals surface area contributed by atoms with Gasteiger partial charge in [-0.3, -0.25) is 0 Å². The molecule has 1 N–H and O–H groups in total. The molecule has 0 aromatic carbocycles. The lowest BCUT2D eigenvalue weighted by Gasteiger charge is -2.37. The first-order valence-electron chi connectivity index (χ1n) is 8.62. The standard InChI is InChI=1S/C17H34N2O/c1-19(13-16-7-8-16)15-17(14-18-11-12-20-2)9-5-3-4-6-10-17/h16,18H,3-15H2,1-2H3. The van der Waals surface area contributed by atoms with Gasteiger partial charge in [0.15, 0.2) is 0 Å². The fraction of sp³-hybridized carbons (Fsp3) is 1.00. The fourth-order valence-electron chi connectivity index (χ4n) is 3.78. The van der Waals surface area contributed by atoms with E-state index >= 15 is 0 Å². The molecular formula is C17H34N2O. The summed E-state index contributed by atoms with van der Waals surface area (Å²) in [4.78, 5) is 2.61. The van der Waals surface area contributed by atoms with Gasteiger partial charge in [0.2, 0.25) is 0 Å². The molecule has 0 saturated heterocycles. The van der Waals surface area contributed by atoms with Crippen LogP contribution in [-0.2, 0) is 4.74 Å². The average Bonchev–Trinajstić information content (AvgIpc) is 3.23. The van der Waals surface area contributed by atoms with Crippen LogP contribution in [0.15, 0.2) is 0 Å². The van der Waals surface area contributed by atoms with Gasteiger partial charge in [-0.1, -0.05) is 25.7 Å². The number of nitrogens with one attached hydrogen (secondary N) is 1. The average molecular weight is 282 g/mol. The van der Waals surface area contributed by atoms with E-state index in [0.717, 1.165) is 19.1 Å². The zero-order valence-electron chi connectivity index (χ0n) is 13.6. The van der Waals surface area contributed by atoms with E-state index in [4.69, 9.17) is 4.74 Å². The third-order valence-corrected chi connectivity index (χ3v) is 5.02. The van der Waals surface area contributed by atoms with Crippen LogP contribution in [0.1, 0.15) is 51.4 Å². The van der Waals surface area contributed by atoms with Crippen molar-refractivity contribution in [1.29, 1.82) is 0 Å². The number of methoxy groups -OCH3 is 1. The molecule has 3 nitrogen and oxygen atoms in total. The monoisotopic (exact) mass is 282 g/mol. The highest BCUT2D eigenvalue weighted by Gasteiger charge is 2.33. The van der Waals surface area contributed by atoms with Gasteiger partial charge in [-0.25, -0.2) is 0 Å². The summed E-state index contributed by atoms with van der Waals surface area (Å²) in [5.74, 6) is 1.00. The normalized spacial score (nSPS) is 22.9. The van der Waals surface area contributed by atoms with Crippen LogP contribution in [0, 0.1) is 11.3 Å².